The molecule has 1 atom stereocenters. The van der Waals surface area contributed by atoms with Crippen molar-refractivity contribution in [2.24, 2.45) is 7.05 Å². The summed E-state index contributed by atoms with van der Waals surface area (Å²) in [5.41, 5.74) is 0. The molecule has 1 rings (SSSR count). The second-order valence-electron chi connectivity index (χ2n) is 3.72. The Kier molecular flexibility index (Phi) is 5.28. The van der Waals surface area contributed by atoms with Crippen molar-refractivity contribution in [1.82, 2.24) is 20.1 Å². The van der Waals surface area contributed by atoms with Gasteiger partial charge in [0, 0.05) is 39.8 Å². The third-order valence-corrected chi connectivity index (χ3v) is 2.24. The summed E-state index contributed by atoms with van der Waals surface area (Å²) in [5.74, 6) is 0.893. The van der Waals surface area contributed by atoms with Gasteiger partial charge < -0.3 is 10.1 Å². The second-order valence-corrected chi connectivity index (χ2v) is 3.72. The summed E-state index contributed by atoms with van der Waals surface area (Å²) in [6.45, 7) is 3.87. The third kappa shape index (κ3) is 4.90. The zero-order valence-corrected chi connectivity index (χ0v) is 9.73. The van der Waals surface area contributed by atoms with Crippen LogP contribution < -0.4 is 5.32 Å². The lowest BCUT2D eigenvalue weighted by Crippen LogP contribution is -2.29. The normalized spacial score (nSPS) is 13.0. The van der Waals surface area contributed by atoms with Crippen LogP contribution in [0.25, 0.3) is 0 Å². The van der Waals surface area contributed by atoms with Gasteiger partial charge in [0.1, 0.15) is 6.33 Å². The van der Waals surface area contributed by atoms with Crippen molar-refractivity contribution in [2.45, 2.75) is 25.8 Å². The fourth-order valence-electron chi connectivity index (χ4n) is 1.33. The van der Waals surface area contributed by atoms with Gasteiger partial charge in [-0.15, -0.1) is 0 Å². The average molecular weight is 212 g/mol. The van der Waals surface area contributed by atoms with E-state index in [1.54, 1.807) is 18.1 Å². The predicted molar refractivity (Wildman–Crippen MR) is 58.7 cm³/mol. The van der Waals surface area contributed by atoms with E-state index in [2.05, 4.69) is 22.3 Å². The molecule has 0 fully saturated rings. The predicted octanol–water partition coefficient (Wildman–Crippen LogP) is 0.372. The van der Waals surface area contributed by atoms with Gasteiger partial charge >= 0.3 is 0 Å². The molecule has 0 amide bonds. The molecular weight excluding hydrogens is 192 g/mol. The molecule has 86 valence electrons. The number of rotatable bonds is 7. The van der Waals surface area contributed by atoms with E-state index in [0.717, 1.165) is 31.8 Å². The molecule has 5 heteroatoms. The lowest BCUT2D eigenvalue weighted by Gasteiger charge is -2.11. The molecular formula is C10H20N4O. The number of hydrogen-bond acceptors (Lipinski definition) is 4. The minimum atomic E-state index is 0.480. The monoisotopic (exact) mass is 212 g/mol. The first-order chi connectivity index (χ1) is 7.22. The first-order valence-corrected chi connectivity index (χ1v) is 5.29. The molecule has 15 heavy (non-hydrogen) atoms. The van der Waals surface area contributed by atoms with E-state index in [0.29, 0.717) is 6.04 Å². The van der Waals surface area contributed by atoms with Gasteiger partial charge in [-0.3, -0.25) is 4.68 Å². The highest BCUT2D eigenvalue weighted by molar-refractivity contribution is 4.82. The smallest absolute Gasteiger partial charge is 0.151 e. The highest BCUT2D eigenvalue weighted by atomic mass is 16.5. The number of hydrogen-bond donors (Lipinski definition) is 1. The Hall–Kier alpha value is -0.940. The number of methoxy groups -OCH3 is 1. The van der Waals surface area contributed by atoms with Gasteiger partial charge in [-0.2, -0.15) is 5.10 Å². The molecule has 0 spiro atoms. The van der Waals surface area contributed by atoms with Crippen LogP contribution in [-0.2, 0) is 18.2 Å². The molecule has 1 unspecified atom stereocenters. The van der Waals surface area contributed by atoms with Crippen LogP contribution in [0, 0.1) is 0 Å². The average Bonchev–Trinajstić information content (AvgIpc) is 2.61. The first kappa shape index (κ1) is 12.1. The molecule has 0 radical (unpaired) electrons. The Morgan fingerprint density at radius 1 is 1.60 bits per heavy atom. The molecule has 0 saturated heterocycles. The van der Waals surface area contributed by atoms with Crippen molar-refractivity contribution < 1.29 is 4.74 Å². The minimum absolute atomic E-state index is 0.480. The van der Waals surface area contributed by atoms with Crippen molar-refractivity contribution in [1.29, 1.82) is 0 Å². The van der Waals surface area contributed by atoms with Crippen LogP contribution in [0.2, 0.25) is 0 Å². The van der Waals surface area contributed by atoms with Gasteiger partial charge in [0.25, 0.3) is 0 Å². The lowest BCUT2D eigenvalue weighted by molar-refractivity contribution is 0.185. The van der Waals surface area contributed by atoms with Crippen LogP contribution in [0.1, 0.15) is 19.2 Å². The Labute approximate surface area is 90.8 Å². The molecule has 0 bridgehead atoms. The minimum Gasteiger partial charge on any atom is -0.385 e. The molecule has 1 aromatic heterocycles. The third-order valence-electron chi connectivity index (χ3n) is 2.24. The zero-order valence-electron chi connectivity index (χ0n) is 9.73. The lowest BCUT2D eigenvalue weighted by atomic mass is 10.2. The molecule has 0 aromatic carbocycles. The van der Waals surface area contributed by atoms with Crippen LogP contribution >= 0.6 is 0 Å². The summed E-state index contributed by atoms with van der Waals surface area (Å²) >= 11 is 0. The number of nitrogens with zero attached hydrogens (tertiary/aromatic N) is 3. The maximum Gasteiger partial charge on any atom is 0.151 e. The zero-order chi connectivity index (χ0) is 11.1. The number of ether oxygens (including phenoxy) is 1. The fourth-order valence-corrected chi connectivity index (χ4v) is 1.33. The largest absolute Gasteiger partial charge is 0.385 e. The molecule has 1 heterocycles. The van der Waals surface area contributed by atoms with E-state index in [1.165, 1.54) is 0 Å². The highest BCUT2D eigenvalue weighted by Gasteiger charge is 2.02. The molecule has 0 aliphatic heterocycles. The fraction of sp³-hybridized carbons (Fsp3) is 0.800. The maximum atomic E-state index is 5.01. The van der Waals surface area contributed by atoms with Crippen LogP contribution in [0.15, 0.2) is 6.33 Å². The SMILES string of the molecule is COCCC(C)NCCc1ncn(C)n1. The van der Waals surface area contributed by atoms with Crippen LogP contribution in [0.4, 0.5) is 0 Å². The Morgan fingerprint density at radius 3 is 3.00 bits per heavy atom. The summed E-state index contributed by atoms with van der Waals surface area (Å²) in [6, 6.07) is 0.480. The van der Waals surface area contributed by atoms with Crippen molar-refractivity contribution in [3.63, 3.8) is 0 Å². The topological polar surface area (TPSA) is 52.0 Å². The van der Waals surface area contributed by atoms with Gasteiger partial charge in [0.15, 0.2) is 5.82 Å². The standard InChI is InChI=1S/C10H20N4O/c1-9(5-7-15-3)11-6-4-10-12-8-14(2)13-10/h8-9,11H,4-7H2,1-3H3. The molecule has 1 N–H and O–H groups in total. The highest BCUT2D eigenvalue weighted by Crippen LogP contribution is 1.92. The Morgan fingerprint density at radius 2 is 2.40 bits per heavy atom. The quantitative estimate of drug-likeness (QED) is 0.709. The van der Waals surface area contributed by atoms with Crippen molar-refractivity contribution in [3.8, 4) is 0 Å². The summed E-state index contributed by atoms with van der Waals surface area (Å²) in [7, 11) is 3.61. The van der Waals surface area contributed by atoms with Gasteiger partial charge in [0.05, 0.1) is 0 Å². The first-order valence-electron chi connectivity index (χ1n) is 5.29. The van der Waals surface area contributed by atoms with E-state index in [4.69, 9.17) is 4.74 Å². The van der Waals surface area contributed by atoms with Gasteiger partial charge in [-0.1, -0.05) is 0 Å². The van der Waals surface area contributed by atoms with E-state index in [-0.39, 0.29) is 0 Å². The van der Waals surface area contributed by atoms with Crippen LogP contribution in [-0.4, -0.2) is 41.1 Å². The number of aryl methyl sites for hydroxylation is 1. The second kappa shape index (κ2) is 6.53. The number of aromatic nitrogens is 3. The molecule has 5 nitrogen and oxygen atoms in total. The van der Waals surface area contributed by atoms with E-state index < -0.39 is 0 Å². The van der Waals surface area contributed by atoms with Crippen molar-refractivity contribution >= 4 is 0 Å². The van der Waals surface area contributed by atoms with Gasteiger partial charge in [0.2, 0.25) is 0 Å². The van der Waals surface area contributed by atoms with E-state index in [1.807, 2.05) is 7.05 Å². The van der Waals surface area contributed by atoms with Crippen molar-refractivity contribution in [2.75, 3.05) is 20.3 Å². The Bertz CT molecular complexity index is 274. The van der Waals surface area contributed by atoms with Crippen molar-refractivity contribution in [3.05, 3.63) is 12.2 Å². The summed E-state index contributed by atoms with van der Waals surface area (Å²) in [4.78, 5) is 4.16. The molecule has 0 aliphatic rings. The van der Waals surface area contributed by atoms with Gasteiger partial charge in [-0.05, 0) is 13.3 Å². The molecule has 1 aromatic rings. The Balaban J connectivity index is 2.10. The van der Waals surface area contributed by atoms with Gasteiger partial charge in [-0.25, -0.2) is 4.98 Å². The summed E-state index contributed by atoms with van der Waals surface area (Å²) < 4.78 is 6.74. The van der Waals surface area contributed by atoms with E-state index >= 15 is 0 Å². The molecule has 0 saturated carbocycles. The summed E-state index contributed by atoms with van der Waals surface area (Å²) in [6.07, 6.45) is 3.63. The number of nitrogens with one attached hydrogen (secondary N) is 1. The van der Waals surface area contributed by atoms with Crippen LogP contribution in [0.3, 0.4) is 0 Å². The molecule has 0 aliphatic carbocycles. The maximum absolute atomic E-state index is 5.01. The summed E-state index contributed by atoms with van der Waals surface area (Å²) in [5, 5.41) is 7.62. The van der Waals surface area contributed by atoms with E-state index in [9.17, 15) is 0 Å². The van der Waals surface area contributed by atoms with Crippen LogP contribution in [0.5, 0.6) is 0 Å².